The molecule has 0 bridgehead atoms. The summed E-state index contributed by atoms with van der Waals surface area (Å²) in [6.07, 6.45) is 0. The van der Waals surface area contributed by atoms with Gasteiger partial charge in [-0.2, -0.15) is 0 Å². The second kappa shape index (κ2) is 5.55. The Morgan fingerprint density at radius 2 is 2.16 bits per heavy atom. The molecule has 0 fully saturated rings. The van der Waals surface area contributed by atoms with Crippen LogP contribution in [0.4, 0.5) is 5.69 Å². The smallest absolute Gasteiger partial charge is 0.339 e. The lowest BCUT2D eigenvalue weighted by Crippen LogP contribution is -1.99. The summed E-state index contributed by atoms with van der Waals surface area (Å²) >= 11 is 11.9. The standard InChI is InChI=1S/C13H11Cl2NO3/c1-7-9(13(17)18)5-8(19-7)6-16-11-4-2-3-10(14)12(11)15/h2-5,16H,6H2,1H3,(H,17,18). The maximum atomic E-state index is 10.9. The van der Waals surface area contributed by atoms with Crippen molar-refractivity contribution in [3.8, 4) is 0 Å². The van der Waals surface area contributed by atoms with Gasteiger partial charge in [0.25, 0.3) is 0 Å². The molecule has 0 amide bonds. The van der Waals surface area contributed by atoms with E-state index in [0.717, 1.165) is 0 Å². The molecule has 0 spiro atoms. The van der Waals surface area contributed by atoms with Crippen LogP contribution >= 0.6 is 23.2 Å². The zero-order chi connectivity index (χ0) is 14.0. The molecule has 1 aromatic heterocycles. The van der Waals surface area contributed by atoms with Gasteiger partial charge in [-0.05, 0) is 25.1 Å². The summed E-state index contributed by atoms with van der Waals surface area (Å²) in [6, 6.07) is 6.73. The van der Waals surface area contributed by atoms with E-state index in [9.17, 15) is 4.79 Å². The van der Waals surface area contributed by atoms with Crippen molar-refractivity contribution < 1.29 is 14.3 Å². The van der Waals surface area contributed by atoms with Gasteiger partial charge in [-0.1, -0.05) is 29.3 Å². The lowest BCUT2D eigenvalue weighted by Gasteiger charge is -2.07. The molecule has 4 nitrogen and oxygen atoms in total. The van der Waals surface area contributed by atoms with E-state index in [2.05, 4.69) is 5.32 Å². The SMILES string of the molecule is Cc1oc(CNc2cccc(Cl)c2Cl)cc1C(=O)O. The quantitative estimate of drug-likeness (QED) is 0.888. The van der Waals surface area contributed by atoms with E-state index in [1.165, 1.54) is 6.07 Å². The molecule has 2 aromatic rings. The molecule has 0 saturated heterocycles. The number of furan rings is 1. The third kappa shape index (κ3) is 3.03. The first-order chi connectivity index (χ1) is 8.99. The average Bonchev–Trinajstić information content (AvgIpc) is 2.73. The van der Waals surface area contributed by atoms with Crippen LogP contribution in [0.25, 0.3) is 0 Å². The Morgan fingerprint density at radius 3 is 2.79 bits per heavy atom. The average molecular weight is 300 g/mol. The van der Waals surface area contributed by atoms with Crippen molar-refractivity contribution >= 4 is 34.9 Å². The summed E-state index contributed by atoms with van der Waals surface area (Å²) < 4.78 is 5.35. The van der Waals surface area contributed by atoms with Crippen molar-refractivity contribution in [3.05, 3.63) is 51.4 Å². The van der Waals surface area contributed by atoms with Crippen molar-refractivity contribution in [2.24, 2.45) is 0 Å². The minimum atomic E-state index is -1.01. The fourth-order valence-corrected chi connectivity index (χ4v) is 2.03. The van der Waals surface area contributed by atoms with Crippen molar-refractivity contribution in [1.29, 1.82) is 0 Å². The first-order valence-corrected chi connectivity index (χ1v) is 6.25. The van der Waals surface area contributed by atoms with Crippen LogP contribution in [0.1, 0.15) is 21.9 Å². The first kappa shape index (κ1) is 13.8. The Morgan fingerprint density at radius 1 is 1.42 bits per heavy atom. The van der Waals surface area contributed by atoms with Crippen LogP contribution in [0.15, 0.2) is 28.7 Å². The molecule has 0 atom stereocenters. The minimum Gasteiger partial charge on any atom is -0.478 e. The van der Waals surface area contributed by atoms with Crippen LogP contribution in [0.3, 0.4) is 0 Å². The third-order valence-electron chi connectivity index (χ3n) is 2.60. The molecule has 0 unspecified atom stereocenters. The van der Waals surface area contributed by atoms with Gasteiger partial charge >= 0.3 is 5.97 Å². The van der Waals surface area contributed by atoms with E-state index < -0.39 is 5.97 Å². The van der Waals surface area contributed by atoms with E-state index in [1.807, 2.05) is 0 Å². The summed E-state index contributed by atoms with van der Waals surface area (Å²) in [5, 5.41) is 12.8. The Kier molecular flexibility index (Phi) is 4.02. The lowest BCUT2D eigenvalue weighted by molar-refractivity contribution is 0.0695. The molecule has 2 N–H and O–H groups in total. The third-order valence-corrected chi connectivity index (χ3v) is 3.42. The molecule has 0 radical (unpaired) electrons. The number of benzene rings is 1. The first-order valence-electron chi connectivity index (χ1n) is 5.49. The van der Waals surface area contributed by atoms with Crippen LogP contribution < -0.4 is 5.32 Å². The van der Waals surface area contributed by atoms with Gasteiger partial charge in [-0.25, -0.2) is 4.79 Å². The highest BCUT2D eigenvalue weighted by molar-refractivity contribution is 6.43. The molecule has 0 aliphatic rings. The second-order valence-corrected chi connectivity index (χ2v) is 4.73. The Bertz CT molecular complexity index is 622. The van der Waals surface area contributed by atoms with Crippen LogP contribution in [-0.2, 0) is 6.54 Å². The number of hydrogen-bond acceptors (Lipinski definition) is 3. The van der Waals surface area contributed by atoms with Crippen molar-refractivity contribution in [2.75, 3.05) is 5.32 Å². The molecule has 0 saturated carbocycles. The summed E-state index contributed by atoms with van der Waals surface area (Å²) in [7, 11) is 0. The lowest BCUT2D eigenvalue weighted by atomic mass is 10.2. The Labute approximate surface area is 119 Å². The van der Waals surface area contributed by atoms with Gasteiger partial charge in [0, 0.05) is 0 Å². The minimum absolute atomic E-state index is 0.161. The number of carbonyl (C=O) groups is 1. The summed E-state index contributed by atoms with van der Waals surface area (Å²) in [6.45, 7) is 1.94. The highest BCUT2D eigenvalue weighted by Gasteiger charge is 2.13. The normalized spacial score (nSPS) is 10.5. The fourth-order valence-electron chi connectivity index (χ4n) is 1.67. The van der Waals surface area contributed by atoms with E-state index in [-0.39, 0.29) is 5.56 Å². The maximum absolute atomic E-state index is 10.9. The molecule has 19 heavy (non-hydrogen) atoms. The molecule has 1 heterocycles. The van der Waals surface area contributed by atoms with Crippen molar-refractivity contribution in [2.45, 2.75) is 13.5 Å². The molecule has 6 heteroatoms. The molecule has 0 aliphatic carbocycles. The Hall–Kier alpha value is -1.65. The van der Waals surface area contributed by atoms with Crippen LogP contribution in [0.5, 0.6) is 0 Å². The van der Waals surface area contributed by atoms with Crippen LogP contribution in [0.2, 0.25) is 10.0 Å². The van der Waals surface area contributed by atoms with E-state index in [0.29, 0.717) is 33.8 Å². The number of hydrogen-bond donors (Lipinski definition) is 2. The maximum Gasteiger partial charge on any atom is 0.339 e. The molecular weight excluding hydrogens is 289 g/mol. The number of aryl methyl sites for hydroxylation is 1. The number of aromatic carboxylic acids is 1. The van der Waals surface area contributed by atoms with Gasteiger partial charge in [0.15, 0.2) is 0 Å². The van der Waals surface area contributed by atoms with Gasteiger partial charge in [-0.15, -0.1) is 0 Å². The number of carboxylic acid groups (broad SMARTS) is 1. The topological polar surface area (TPSA) is 62.5 Å². The van der Waals surface area contributed by atoms with E-state index in [4.69, 9.17) is 32.7 Å². The predicted octanol–water partition coefficient (Wildman–Crippen LogP) is 4.21. The van der Waals surface area contributed by atoms with Gasteiger partial charge in [0.05, 0.1) is 22.3 Å². The number of nitrogens with one attached hydrogen (secondary N) is 1. The van der Waals surface area contributed by atoms with Gasteiger partial charge in [-0.3, -0.25) is 0 Å². The second-order valence-electron chi connectivity index (χ2n) is 3.94. The molecule has 1 aromatic carbocycles. The highest BCUT2D eigenvalue weighted by Crippen LogP contribution is 2.30. The van der Waals surface area contributed by atoms with Crippen molar-refractivity contribution in [3.63, 3.8) is 0 Å². The molecule has 0 aliphatic heterocycles. The van der Waals surface area contributed by atoms with E-state index in [1.54, 1.807) is 25.1 Å². The number of anilines is 1. The molecule has 100 valence electrons. The van der Waals surface area contributed by atoms with E-state index >= 15 is 0 Å². The number of halogens is 2. The zero-order valence-electron chi connectivity index (χ0n) is 10.0. The summed E-state index contributed by atoms with van der Waals surface area (Å²) in [4.78, 5) is 10.9. The van der Waals surface area contributed by atoms with Crippen molar-refractivity contribution in [1.82, 2.24) is 0 Å². The fraction of sp³-hybridized carbons (Fsp3) is 0.154. The van der Waals surface area contributed by atoms with Crippen LogP contribution in [0, 0.1) is 6.92 Å². The Balaban J connectivity index is 2.13. The summed E-state index contributed by atoms with van der Waals surface area (Å²) in [5.74, 6) is -0.110. The van der Waals surface area contributed by atoms with Gasteiger partial charge in [0.1, 0.15) is 17.1 Å². The zero-order valence-corrected chi connectivity index (χ0v) is 11.5. The summed E-state index contributed by atoms with van der Waals surface area (Å²) in [5.41, 5.74) is 0.828. The molecule has 2 rings (SSSR count). The largest absolute Gasteiger partial charge is 0.478 e. The number of carboxylic acids is 1. The molecular formula is C13H11Cl2NO3. The van der Waals surface area contributed by atoms with Gasteiger partial charge in [0.2, 0.25) is 0 Å². The monoisotopic (exact) mass is 299 g/mol. The predicted molar refractivity (Wildman–Crippen MR) is 74.2 cm³/mol. The van der Waals surface area contributed by atoms with Gasteiger partial charge < -0.3 is 14.8 Å². The van der Waals surface area contributed by atoms with Crippen LogP contribution in [-0.4, -0.2) is 11.1 Å². The number of rotatable bonds is 4. The highest BCUT2D eigenvalue weighted by atomic mass is 35.5.